The fourth-order valence-corrected chi connectivity index (χ4v) is 6.06. The molecule has 0 saturated carbocycles. The first kappa shape index (κ1) is 31.6. The molecule has 43 heavy (non-hydrogen) atoms. The Bertz CT molecular complexity index is 1450. The van der Waals surface area contributed by atoms with E-state index in [9.17, 15) is 40.9 Å². The molecule has 2 aliphatic rings. The summed E-state index contributed by atoms with van der Waals surface area (Å²) >= 11 is 0. The van der Waals surface area contributed by atoms with E-state index in [1.807, 2.05) is 57.2 Å². The molecule has 10 atom stereocenters. The zero-order valence-corrected chi connectivity index (χ0v) is 24.1. The Morgan fingerprint density at radius 3 is 1.49 bits per heavy atom. The molecule has 11 heteroatoms. The molecular formula is C32H39NO10. The molecule has 8 N–H and O–H groups in total. The van der Waals surface area contributed by atoms with Gasteiger partial charge in [0.1, 0.15) is 61.0 Å². The van der Waals surface area contributed by atoms with E-state index in [2.05, 4.69) is 0 Å². The van der Waals surface area contributed by atoms with Crippen LogP contribution >= 0.6 is 0 Å². The number of rotatable bonds is 6. The van der Waals surface area contributed by atoms with Crippen molar-refractivity contribution in [1.29, 1.82) is 0 Å². The molecule has 2 aliphatic heterocycles. The van der Waals surface area contributed by atoms with Gasteiger partial charge in [-0.15, -0.1) is 0 Å². The van der Waals surface area contributed by atoms with Crippen LogP contribution in [0.5, 0.6) is 0 Å². The number of nitrogens with zero attached hydrogens (tertiary/aromatic N) is 1. The number of aliphatic hydroxyl groups excluding tert-OH is 8. The van der Waals surface area contributed by atoms with Crippen LogP contribution in [0.2, 0.25) is 0 Å². The molecule has 5 rings (SSSR count). The van der Waals surface area contributed by atoms with Gasteiger partial charge in [0.2, 0.25) is 0 Å². The number of benzene rings is 2. The minimum Gasteiger partial charge on any atom is -0.394 e. The second-order valence-corrected chi connectivity index (χ2v) is 11.5. The number of aromatic nitrogens is 1. The van der Waals surface area contributed by atoms with Crippen molar-refractivity contribution in [2.75, 3.05) is 13.2 Å². The molecule has 10 unspecified atom stereocenters. The van der Waals surface area contributed by atoms with Crippen LogP contribution in [0.25, 0.3) is 22.4 Å². The first-order chi connectivity index (χ1) is 20.5. The Morgan fingerprint density at radius 1 is 0.581 bits per heavy atom. The summed E-state index contributed by atoms with van der Waals surface area (Å²) in [5, 5.41) is 80.8. The lowest BCUT2D eigenvalue weighted by molar-refractivity contribution is -0.231. The third-order valence-corrected chi connectivity index (χ3v) is 8.63. The zero-order chi connectivity index (χ0) is 31.2. The average Bonchev–Trinajstić information content (AvgIpc) is 2.99. The molecule has 0 amide bonds. The molecule has 2 fully saturated rings. The molecule has 232 valence electrons. The Kier molecular flexibility index (Phi) is 9.31. The van der Waals surface area contributed by atoms with Gasteiger partial charge in [0, 0.05) is 16.8 Å². The Balaban J connectivity index is 1.38. The highest BCUT2D eigenvalue weighted by Crippen LogP contribution is 2.38. The maximum atomic E-state index is 10.6. The topological polar surface area (TPSA) is 193 Å². The van der Waals surface area contributed by atoms with Gasteiger partial charge in [0.25, 0.3) is 0 Å². The van der Waals surface area contributed by atoms with Crippen molar-refractivity contribution in [2.45, 2.75) is 81.8 Å². The summed E-state index contributed by atoms with van der Waals surface area (Å²) in [4.78, 5) is 4.82. The number of pyridine rings is 1. The molecule has 2 aromatic carbocycles. The summed E-state index contributed by atoms with van der Waals surface area (Å²) in [6.07, 6.45) is -12.3. The summed E-state index contributed by atoms with van der Waals surface area (Å²) in [7, 11) is 0. The molecule has 0 radical (unpaired) electrons. The first-order valence-electron chi connectivity index (χ1n) is 14.3. The largest absolute Gasteiger partial charge is 0.394 e. The van der Waals surface area contributed by atoms with Crippen molar-refractivity contribution in [3.8, 4) is 22.4 Å². The predicted molar refractivity (Wildman–Crippen MR) is 155 cm³/mol. The standard InChI is InChI=1S/C32H39NO10/c1-14-10-17(4-6-19(14)31-29(40)27(38)25(36)23(12-34)42-31)21-8-9-22(33-16(21)3)18-5-7-20(15(2)11-18)32-30(41)28(39)26(37)24(13-35)43-32/h4-11,23-32,34-41H,12-13H2,1-3H3. The maximum Gasteiger partial charge on any atom is 0.113 e. The Hall–Kier alpha value is -2.81. The van der Waals surface area contributed by atoms with Gasteiger partial charge < -0.3 is 50.3 Å². The van der Waals surface area contributed by atoms with Crippen molar-refractivity contribution in [1.82, 2.24) is 4.98 Å². The van der Waals surface area contributed by atoms with Gasteiger partial charge in [0.05, 0.1) is 18.9 Å². The molecule has 11 nitrogen and oxygen atoms in total. The lowest BCUT2D eigenvalue weighted by atomic mass is 9.88. The molecule has 1 aromatic heterocycles. The summed E-state index contributed by atoms with van der Waals surface area (Å²) < 4.78 is 11.5. The SMILES string of the molecule is Cc1cc(-c2ccc(-c3ccc(C4OC(CO)C(O)C(O)C4O)c(C)c3)c(C)n2)ccc1C1OC(CO)C(O)C(O)C1O. The van der Waals surface area contributed by atoms with Crippen LogP contribution in [-0.2, 0) is 9.47 Å². The quantitative estimate of drug-likeness (QED) is 0.196. The highest BCUT2D eigenvalue weighted by Gasteiger charge is 2.45. The van der Waals surface area contributed by atoms with Gasteiger partial charge in [-0.1, -0.05) is 36.4 Å². The number of aliphatic hydroxyl groups is 8. The third kappa shape index (κ3) is 5.86. The third-order valence-electron chi connectivity index (χ3n) is 8.63. The first-order valence-corrected chi connectivity index (χ1v) is 14.3. The van der Waals surface area contributed by atoms with E-state index in [-0.39, 0.29) is 0 Å². The minimum atomic E-state index is -1.46. The van der Waals surface area contributed by atoms with Gasteiger partial charge in [-0.25, -0.2) is 0 Å². The number of ether oxygens (including phenoxy) is 2. The van der Waals surface area contributed by atoms with E-state index in [0.29, 0.717) is 11.1 Å². The van der Waals surface area contributed by atoms with E-state index >= 15 is 0 Å². The lowest BCUT2D eigenvalue weighted by Gasteiger charge is -2.40. The van der Waals surface area contributed by atoms with Gasteiger partial charge in [-0.2, -0.15) is 0 Å². The maximum absolute atomic E-state index is 10.6. The molecule has 0 aliphatic carbocycles. The molecular weight excluding hydrogens is 558 g/mol. The summed E-state index contributed by atoms with van der Waals surface area (Å²) in [5.41, 5.74) is 6.94. The minimum absolute atomic E-state index is 0.494. The van der Waals surface area contributed by atoms with Crippen LogP contribution in [0.4, 0.5) is 0 Å². The normalized spacial score (nSPS) is 33.0. The van der Waals surface area contributed by atoms with Gasteiger partial charge >= 0.3 is 0 Å². The molecule has 0 spiro atoms. The van der Waals surface area contributed by atoms with Crippen molar-refractivity contribution in [3.63, 3.8) is 0 Å². The Morgan fingerprint density at radius 2 is 1.05 bits per heavy atom. The van der Waals surface area contributed by atoms with Crippen molar-refractivity contribution in [2.24, 2.45) is 0 Å². The van der Waals surface area contributed by atoms with Crippen LogP contribution in [0.15, 0.2) is 48.5 Å². The van der Waals surface area contributed by atoms with Crippen LogP contribution < -0.4 is 0 Å². The second kappa shape index (κ2) is 12.7. The smallest absolute Gasteiger partial charge is 0.113 e. The van der Waals surface area contributed by atoms with E-state index in [1.165, 1.54) is 0 Å². The van der Waals surface area contributed by atoms with Gasteiger partial charge in [-0.05, 0) is 60.7 Å². The van der Waals surface area contributed by atoms with Crippen LogP contribution in [-0.4, -0.2) is 108 Å². The zero-order valence-electron chi connectivity index (χ0n) is 24.1. The number of aryl methyl sites for hydroxylation is 3. The average molecular weight is 598 g/mol. The second-order valence-electron chi connectivity index (χ2n) is 11.5. The highest BCUT2D eigenvalue weighted by atomic mass is 16.6. The van der Waals surface area contributed by atoms with Crippen LogP contribution in [0, 0.1) is 20.8 Å². The molecule has 0 bridgehead atoms. The number of hydrogen-bond donors (Lipinski definition) is 8. The van der Waals surface area contributed by atoms with E-state index in [4.69, 9.17) is 14.5 Å². The molecule has 2 saturated heterocycles. The van der Waals surface area contributed by atoms with E-state index < -0.39 is 74.3 Å². The van der Waals surface area contributed by atoms with Crippen molar-refractivity contribution in [3.05, 3.63) is 76.5 Å². The Labute approximate surface area is 249 Å². The fourth-order valence-electron chi connectivity index (χ4n) is 6.06. The predicted octanol–water partition coefficient (Wildman–Crippen LogP) is 0.371. The monoisotopic (exact) mass is 597 g/mol. The summed E-state index contributed by atoms with van der Waals surface area (Å²) in [6.45, 7) is 4.61. The van der Waals surface area contributed by atoms with Crippen LogP contribution in [0.3, 0.4) is 0 Å². The van der Waals surface area contributed by atoms with Gasteiger partial charge in [0.15, 0.2) is 0 Å². The van der Waals surface area contributed by atoms with E-state index in [0.717, 1.165) is 39.2 Å². The number of hydrogen-bond acceptors (Lipinski definition) is 11. The fraction of sp³-hybridized carbons (Fsp3) is 0.469. The lowest BCUT2D eigenvalue weighted by Crippen LogP contribution is -2.55. The molecule has 3 heterocycles. The summed E-state index contributed by atoms with van der Waals surface area (Å²) in [5.74, 6) is 0. The van der Waals surface area contributed by atoms with Crippen molar-refractivity contribution < 1.29 is 50.3 Å². The van der Waals surface area contributed by atoms with E-state index in [1.54, 1.807) is 12.1 Å². The highest BCUT2D eigenvalue weighted by molar-refractivity contribution is 5.71. The van der Waals surface area contributed by atoms with Gasteiger partial charge in [-0.3, -0.25) is 4.98 Å². The molecule has 3 aromatic rings. The van der Waals surface area contributed by atoms with Crippen molar-refractivity contribution >= 4 is 0 Å². The summed E-state index contributed by atoms with van der Waals surface area (Å²) in [6, 6.07) is 15.0. The van der Waals surface area contributed by atoms with Crippen LogP contribution in [0.1, 0.15) is 40.2 Å².